The number of hydrogen-bond acceptors (Lipinski definition) is 0. The molecule has 0 aromatic heterocycles. The first kappa shape index (κ1) is 32.6. The SMILES string of the molecule is C[C]1C(C)=C(C)C(C)=C1C.Cc1ccccc1C.F[B-](F)(F)F.F[B-](F)(F)F.[Ir]. The second kappa shape index (κ2) is 14.0. The van der Waals surface area contributed by atoms with E-state index in [9.17, 15) is 34.5 Å². The molecule has 11 heteroatoms. The van der Waals surface area contributed by atoms with Gasteiger partial charge < -0.3 is 34.5 Å². The molecule has 29 heavy (non-hydrogen) atoms. The molecule has 0 heterocycles. The van der Waals surface area contributed by atoms with Crippen molar-refractivity contribution in [3.63, 3.8) is 0 Å². The summed E-state index contributed by atoms with van der Waals surface area (Å²) in [6, 6.07) is 8.36. The van der Waals surface area contributed by atoms with E-state index >= 15 is 0 Å². The van der Waals surface area contributed by atoms with Crippen LogP contribution in [0.3, 0.4) is 0 Å². The van der Waals surface area contributed by atoms with Crippen LogP contribution in [0.4, 0.5) is 34.5 Å². The van der Waals surface area contributed by atoms with Crippen molar-refractivity contribution in [1.29, 1.82) is 0 Å². The Labute approximate surface area is 181 Å². The van der Waals surface area contributed by atoms with Crippen LogP contribution in [0.1, 0.15) is 45.7 Å². The van der Waals surface area contributed by atoms with Crippen molar-refractivity contribution >= 4 is 14.5 Å². The summed E-state index contributed by atoms with van der Waals surface area (Å²) in [6.07, 6.45) is 0. The minimum Gasteiger partial charge on any atom is -0.418 e. The quantitative estimate of drug-likeness (QED) is 0.206. The molecule has 1 aliphatic rings. The zero-order chi connectivity index (χ0) is 22.9. The Kier molecular flexibility index (Phi) is 15.7. The van der Waals surface area contributed by atoms with Crippen LogP contribution in [-0.4, -0.2) is 14.5 Å². The minimum atomic E-state index is -6.00. The molecule has 1 aliphatic carbocycles. The monoisotopic (exact) mass is 608 g/mol. The van der Waals surface area contributed by atoms with Crippen LogP contribution in [0.25, 0.3) is 0 Å². The summed E-state index contributed by atoms with van der Waals surface area (Å²) < 4.78 is 78.0. The summed E-state index contributed by atoms with van der Waals surface area (Å²) in [7, 11) is -12.0. The van der Waals surface area contributed by atoms with Gasteiger partial charge >= 0.3 is 14.5 Å². The molecule has 0 nitrogen and oxygen atoms in total. The van der Waals surface area contributed by atoms with Crippen LogP contribution in [0.5, 0.6) is 0 Å². The third kappa shape index (κ3) is 18.7. The zero-order valence-electron chi connectivity index (χ0n) is 17.3. The molecular formula is C18H25B2F8Ir-2. The van der Waals surface area contributed by atoms with Gasteiger partial charge in [0, 0.05) is 26.0 Å². The molecule has 2 radical (unpaired) electrons. The largest absolute Gasteiger partial charge is 0.673 e. The molecule has 1 aromatic rings. The van der Waals surface area contributed by atoms with E-state index in [1.807, 2.05) is 0 Å². The zero-order valence-corrected chi connectivity index (χ0v) is 19.7. The molecule has 0 aliphatic heterocycles. The van der Waals surface area contributed by atoms with Crippen LogP contribution in [0.15, 0.2) is 46.6 Å². The molecule has 0 bridgehead atoms. The fraction of sp³-hybridized carbons (Fsp3) is 0.389. The topological polar surface area (TPSA) is 0 Å². The molecule has 0 amide bonds. The van der Waals surface area contributed by atoms with Crippen LogP contribution in [-0.2, 0) is 20.1 Å². The maximum absolute atomic E-state index is 9.75. The summed E-state index contributed by atoms with van der Waals surface area (Å²) in [5, 5.41) is 0. The smallest absolute Gasteiger partial charge is 0.418 e. The average molecular weight is 607 g/mol. The molecule has 2 rings (SSSR count). The number of allylic oxidation sites excluding steroid dienone is 4. The fourth-order valence-corrected chi connectivity index (χ4v) is 2.07. The molecule has 0 unspecified atom stereocenters. The van der Waals surface area contributed by atoms with Gasteiger partial charge in [0.25, 0.3) is 0 Å². The predicted octanol–water partition coefficient (Wildman–Crippen LogP) is 8.17. The normalized spacial score (nSPS) is 14.0. The van der Waals surface area contributed by atoms with E-state index in [4.69, 9.17) is 0 Å². The first-order valence-electron chi connectivity index (χ1n) is 8.32. The number of halogens is 8. The van der Waals surface area contributed by atoms with Gasteiger partial charge in [-0.25, -0.2) is 0 Å². The van der Waals surface area contributed by atoms with Gasteiger partial charge in [-0.05, 0) is 63.8 Å². The van der Waals surface area contributed by atoms with Gasteiger partial charge in [-0.15, -0.1) is 0 Å². The van der Waals surface area contributed by atoms with Crippen LogP contribution >= 0.6 is 0 Å². The Morgan fingerprint density at radius 2 is 0.690 bits per heavy atom. The molecule has 0 atom stereocenters. The average Bonchev–Trinajstić information content (AvgIpc) is 2.66. The van der Waals surface area contributed by atoms with Gasteiger partial charge in [-0.3, -0.25) is 0 Å². The second-order valence-corrected chi connectivity index (χ2v) is 6.20. The van der Waals surface area contributed by atoms with Crippen molar-refractivity contribution in [2.24, 2.45) is 0 Å². The number of rotatable bonds is 0. The van der Waals surface area contributed by atoms with E-state index in [1.54, 1.807) is 0 Å². The van der Waals surface area contributed by atoms with Crippen molar-refractivity contribution in [2.75, 3.05) is 0 Å². The maximum atomic E-state index is 9.75. The summed E-state index contributed by atoms with van der Waals surface area (Å²) in [5.74, 6) is 1.47. The summed E-state index contributed by atoms with van der Waals surface area (Å²) in [5.41, 5.74) is 8.61. The second-order valence-electron chi connectivity index (χ2n) is 6.20. The molecule has 1 aromatic carbocycles. The van der Waals surface area contributed by atoms with Crippen LogP contribution in [0.2, 0.25) is 0 Å². The summed E-state index contributed by atoms with van der Waals surface area (Å²) in [4.78, 5) is 0. The molecular weight excluding hydrogens is 582 g/mol. The molecule has 170 valence electrons. The summed E-state index contributed by atoms with van der Waals surface area (Å²) in [6.45, 7) is 15.2. The van der Waals surface area contributed by atoms with E-state index in [2.05, 4.69) is 72.7 Å². The van der Waals surface area contributed by atoms with Gasteiger partial charge in [0.05, 0.1) is 0 Å². The Hall–Kier alpha value is -1.08. The number of benzene rings is 1. The Morgan fingerprint density at radius 3 is 0.793 bits per heavy atom. The molecule has 0 fully saturated rings. The van der Waals surface area contributed by atoms with Crippen molar-refractivity contribution in [3.8, 4) is 0 Å². The molecule has 0 N–H and O–H groups in total. The Balaban J connectivity index is -0.000000323. The molecule has 0 saturated carbocycles. The van der Waals surface area contributed by atoms with E-state index < -0.39 is 14.5 Å². The number of aryl methyl sites for hydroxylation is 2. The van der Waals surface area contributed by atoms with E-state index in [-0.39, 0.29) is 20.1 Å². The Morgan fingerprint density at radius 1 is 0.483 bits per heavy atom. The first-order chi connectivity index (χ1) is 12.4. The van der Waals surface area contributed by atoms with Crippen molar-refractivity contribution in [1.82, 2.24) is 0 Å². The van der Waals surface area contributed by atoms with Crippen molar-refractivity contribution in [2.45, 2.75) is 48.5 Å². The maximum Gasteiger partial charge on any atom is 0.673 e. The van der Waals surface area contributed by atoms with E-state index in [1.165, 1.54) is 39.3 Å². The van der Waals surface area contributed by atoms with Gasteiger partial charge in [0.15, 0.2) is 0 Å². The third-order valence-electron chi connectivity index (χ3n) is 4.24. The van der Waals surface area contributed by atoms with E-state index in [0.717, 1.165) is 0 Å². The predicted molar refractivity (Wildman–Crippen MR) is 102 cm³/mol. The van der Waals surface area contributed by atoms with Crippen LogP contribution in [0, 0.1) is 19.8 Å². The van der Waals surface area contributed by atoms with Crippen molar-refractivity contribution < 1.29 is 54.6 Å². The Bertz CT molecular complexity index is 610. The standard InChI is InChI=1S/C10H15.C8H10.2BF4.Ir/c1-6-7(2)9(4)10(5)8(6)3;1-7-5-3-4-6-8(7)2;2*2-1(3,4)5;/h1-5H3;3-6H,1-2H3;;;/q;;2*-1;. The van der Waals surface area contributed by atoms with Gasteiger partial charge in [0.2, 0.25) is 0 Å². The molecule has 0 saturated heterocycles. The minimum absolute atomic E-state index is 0. The van der Waals surface area contributed by atoms with Gasteiger partial charge in [-0.1, -0.05) is 42.3 Å². The van der Waals surface area contributed by atoms with Crippen LogP contribution < -0.4 is 0 Å². The fourth-order valence-electron chi connectivity index (χ4n) is 2.07. The van der Waals surface area contributed by atoms with Crippen molar-refractivity contribution in [3.05, 3.63) is 63.6 Å². The first-order valence-corrected chi connectivity index (χ1v) is 8.32. The van der Waals surface area contributed by atoms with Gasteiger partial charge in [-0.2, -0.15) is 0 Å². The molecule has 0 spiro atoms. The van der Waals surface area contributed by atoms with E-state index in [0.29, 0.717) is 0 Å². The number of hydrogen-bond donors (Lipinski definition) is 0. The van der Waals surface area contributed by atoms with Gasteiger partial charge in [0.1, 0.15) is 0 Å². The third-order valence-corrected chi connectivity index (χ3v) is 4.24. The summed E-state index contributed by atoms with van der Waals surface area (Å²) >= 11 is 0.